The van der Waals surface area contributed by atoms with Crippen LogP contribution in [0.2, 0.25) is 0 Å². The predicted molar refractivity (Wildman–Crippen MR) is 128 cm³/mol. The summed E-state index contributed by atoms with van der Waals surface area (Å²) in [7, 11) is 0. The van der Waals surface area contributed by atoms with E-state index in [2.05, 4.69) is 26.2 Å². The molecule has 3 nitrogen and oxygen atoms in total. The molecule has 0 fully saturated rings. The van der Waals surface area contributed by atoms with Gasteiger partial charge in [-0.25, -0.2) is 0 Å². The van der Waals surface area contributed by atoms with Gasteiger partial charge in [-0.05, 0) is 63.5 Å². The molecule has 172 valence electrons. The first-order valence-corrected chi connectivity index (χ1v) is 11.3. The molecule has 3 aromatic carbocycles. The molecule has 0 saturated carbocycles. The average molecular weight is 525 g/mol. The summed E-state index contributed by atoms with van der Waals surface area (Å²) in [4.78, 5) is 17.9. The van der Waals surface area contributed by atoms with Crippen molar-refractivity contribution < 1.29 is 18.0 Å². The lowest BCUT2D eigenvalue weighted by molar-refractivity contribution is -0.137. The van der Waals surface area contributed by atoms with Crippen molar-refractivity contribution in [3.63, 3.8) is 0 Å². The predicted octanol–water partition coefficient (Wildman–Crippen LogP) is 6.78. The lowest BCUT2D eigenvalue weighted by Crippen LogP contribution is -2.49. The summed E-state index contributed by atoms with van der Waals surface area (Å²) in [5.41, 5.74) is -0.236. The quantitative estimate of drug-likeness (QED) is 0.302. The zero-order valence-corrected chi connectivity index (χ0v) is 19.5. The van der Waals surface area contributed by atoms with Crippen LogP contribution in [0.1, 0.15) is 32.7 Å². The maximum Gasteiger partial charge on any atom is 0.416 e. The lowest BCUT2D eigenvalue weighted by atomic mass is 9.79. The number of nitrogens with one attached hydrogen (secondary N) is 1. The van der Waals surface area contributed by atoms with Gasteiger partial charge in [-0.1, -0.05) is 60.7 Å². The Morgan fingerprint density at radius 3 is 2.09 bits per heavy atom. The number of pyridine rings is 1. The zero-order valence-electron chi connectivity index (χ0n) is 17.9. The number of nitrogens with zero attached hydrogens (tertiary/aromatic N) is 1. The third-order valence-electron chi connectivity index (χ3n) is 5.52. The molecule has 0 bridgehead atoms. The van der Waals surface area contributed by atoms with Crippen LogP contribution in [-0.4, -0.2) is 10.9 Å². The number of aromatic nitrogens is 1. The molecule has 34 heavy (non-hydrogen) atoms. The minimum absolute atomic E-state index is 0.197. The van der Waals surface area contributed by atoms with E-state index in [4.69, 9.17) is 0 Å². The number of hydrogen-bond donors (Lipinski definition) is 1. The Kier molecular flexibility index (Phi) is 6.84. The van der Waals surface area contributed by atoms with Gasteiger partial charge in [0.25, 0.3) is 5.91 Å². The third-order valence-corrected chi connectivity index (χ3v) is 5.99. The highest BCUT2D eigenvalue weighted by Crippen LogP contribution is 2.37. The fourth-order valence-electron chi connectivity index (χ4n) is 3.87. The molecule has 1 atom stereocenters. The largest absolute Gasteiger partial charge is 0.416 e. The number of rotatable bonds is 6. The fourth-order valence-corrected chi connectivity index (χ4v) is 4.10. The van der Waals surface area contributed by atoms with Crippen LogP contribution in [0.5, 0.6) is 0 Å². The molecule has 1 heterocycles. The van der Waals surface area contributed by atoms with E-state index in [1.807, 2.05) is 30.3 Å². The molecular formula is C27H20BrF3N2O. The van der Waals surface area contributed by atoms with Crippen LogP contribution < -0.4 is 5.32 Å². The smallest absolute Gasteiger partial charge is 0.337 e. The number of alkyl halides is 3. The molecule has 0 saturated heterocycles. The van der Waals surface area contributed by atoms with E-state index < -0.39 is 23.2 Å². The number of carbonyl (C=O) groups is 1. The Morgan fingerprint density at radius 1 is 0.824 bits per heavy atom. The third kappa shape index (κ3) is 5.20. The van der Waals surface area contributed by atoms with Gasteiger partial charge in [-0.3, -0.25) is 9.78 Å². The van der Waals surface area contributed by atoms with Gasteiger partial charge in [0, 0.05) is 22.7 Å². The van der Waals surface area contributed by atoms with Crippen LogP contribution in [0.3, 0.4) is 0 Å². The first kappa shape index (κ1) is 23.7. The molecule has 4 rings (SSSR count). The average Bonchev–Trinajstić information content (AvgIpc) is 2.85. The number of hydrogen-bond acceptors (Lipinski definition) is 2. The van der Waals surface area contributed by atoms with E-state index >= 15 is 0 Å². The van der Waals surface area contributed by atoms with Crippen molar-refractivity contribution in [1.82, 2.24) is 10.3 Å². The van der Waals surface area contributed by atoms with E-state index in [9.17, 15) is 18.0 Å². The summed E-state index contributed by atoms with van der Waals surface area (Å²) in [5, 5.41) is 3.04. The van der Waals surface area contributed by atoms with E-state index in [-0.39, 0.29) is 12.0 Å². The zero-order chi connectivity index (χ0) is 24.2. The van der Waals surface area contributed by atoms with Crippen LogP contribution >= 0.6 is 15.9 Å². The Balaban J connectivity index is 1.94. The van der Waals surface area contributed by atoms with Gasteiger partial charge >= 0.3 is 6.18 Å². The monoisotopic (exact) mass is 524 g/mol. The minimum atomic E-state index is -4.54. The molecule has 0 radical (unpaired) electrons. The first-order chi connectivity index (χ1) is 16.3. The molecule has 0 aliphatic rings. The number of carbonyl (C=O) groups excluding carboxylic acids is 1. The van der Waals surface area contributed by atoms with Gasteiger partial charge in [0.05, 0.1) is 11.3 Å². The summed E-state index contributed by atoms with van der Waals surface area (Å²) in [5.74, 6) is -0.418. The molecule has 1 amide bonds. The van der Waals surface area contributed by atoms with Crippen molar-refractivity contribution in [3.05, 3.63) is 136 Å². The molecule has 7 heteroatoms. The summed E-state index contributed by atoms with van der Waals surface area (Å²) in [6.45, 7) is 0. The molecule has 0 aliphatic heterocycles. The second-order valence-electron chi connectivity index (χ2n) is 7.83. The highest BCUT2D eigenvalue weighted by molar-refractivity contribution is 9.10. The standard InChI is InChI=1S/C27H20BrF3N2O/c28-23-14-15-24(32-18-23)26(17-19-8-3-1-4-9-19,33-25(34)20-10-5-2-6-11-20)21-12-7-13-22(16-21)27(29,30)31/h1-16,18H,17H2,(H,33,34). The molecule has 1 aromatic heterocycles. The van der Waals surface area contributed by atoms with Crippen LogP contribution in [0.25, 0.3) is 0 Å². The Bertz CT molecular complexity index is 1260. The fraction of sp³-hybridized carbons (Fsp3) is 0.111. The number of halogens is 4. The minimum Gasteiger partial charge on any atom is -0.337 e. The van der Waals surface area contributed by atoms with E-state index in [1.165, 1.54) is 6.07 Å². The molecule has 0 aliphatic carbocycles. The first-order valence-electron chi connectivity index (χ1n) is 10.5. The maximum atomic E-state index is 13.7. The highest BCUT2D eigenvalue weighted by atomic mass is 79.9. The molecule has 1 N–H and O–H groups in total. The topological polar surface area (TPSA) is 42.0 Å². The lowest BCUT2D eigenvalue weighted by Gasteiger charge is -2.36. The molecule has 4 aromatic rings. The number of amides is 1. The van der Waals surface area contributed by atoms with Crippen molar-refractivity contribution in [3.8, 4) is 0 Å². The van der Waals surface area contributed by atoms with Crippen LogP contribution in [0, 0.1) is 0 Å². The van der Waals surface area contributed by atoms with Crippen LogP contribution in [0.4, 0.5) is 13.2 Å². The second-order valence-corrected chi connectivity index (χ2v) is 8.74. The van der Waals surface area contributed by atoms with Crippen molar-refractivity contribution >= 4 is 21.8 Å². The summed E-state index contributed by atoms with van der Waals surface area (Å²) in [6.07, 6.45) is -2.77. The van der Waals surface area contributed by atoms with Crippen molar-refractivity contribution in [2.24, 2.45) is 0 Å². The molecular weight excluding hydrogens is 505 g/mol. The summed E-state index contributed by atoms with van der Waals surface area (Å²) in [6, 6.07) is 26.4. The maximum absolute atomic E-state index is 13.7. The van der Waals surface area contributed by atoms with Gasteiger partial charge < -0.3 is 5.32 Å². The van der Waals surface area contributed by atoms with Gasteiger partial charge in [0.2, 0.25) is 0 Å². The van der Waals surface area contributed by atoms with Gasteiger partial charge in [0.15, 0.2) is 0 Å². The normalized spacial score (nSPS) is 13.2. The van der Waals surface area contributed by atoms with Crippen LogP contribution in [0.15, 0.2) is 108 Å². The van der Waals surface area contributed by atoms with Crippen molar-refractivity contribution in [1.29, 1.82) is 0 Å². The second kappa shape index (κ2) is 9.81. The Labute approximate surface area is 203 Å². The summed E-state index contributed by atoms with van der Waals surface area (Å²) >= 11 is 3.36. The Hall–Kier alpha value is -3.45. The van der Waals surface area contributed by atoms with E-state index in [1.54, 1.807) is 54.7 Å². The van der Waals surface area contributed by atoms with Crippen LogP contribution in [-0.2, 0) is 18.1 Å². The van der Waals surface area contributed by atoms with E-state index in [0.29, 0.717) is 15.7 Å². The SMILES string of the molecule is O=C(NC(Cc1ccccc1)(c1cccc(C(F)(F)F)c1)c1ccc(Br)cn1)c1ccccc1. The van der Waals surface area contributed by atoms with Gasteiger partial charge in [-0.15, -0.1) is 0 Å². The molecule has 1 unspecified atom stereocenters. The molecule has 0 spiro atoms. The van der Waals surface area contributed by atoms with E-state index in [0.717, 1.165) is 17.7 Å². The summed E-state index contributed by atoms with van der Waals surface area (Å²) < 4.78 is 41.7. The van der Waals surface area contributed by atoms with Crippen molar-refractivity contribution in [2.45, 2.75) is 18.1 Å². The highest BCUT2D eigenvalue weighted by Gasteiger charge is 2.40. The van der Waals surface area contributed by atoms with Gasteiger partial charge in [0.1, 0.15) is 5.54 Å². The Morgan fingerprint density at radius 2 is 1.47 bits per heavy atom. The van der Waals surface area contributed by atoms with Crippen molar-refractivity contribution in [2.75, 3.05) is 0 Å². The number of benzene rings is 3. The van der Waals surface area contributed by atoms with Gasteiger partial charge in [-0.2, -0.15) is 13.2 Å².